The Morgan fingerprint density at radius 1 is 1.50 bits per heavy atom. The van der Waals surface area contributed by atoms with Gasteiger partial charge in [0, 0.05) is 6.42 Å². The Hall–Kier alpha value is -2.11. The van der Waals surface area contributed by atoms with Gasteiger partial charge in [-0.1, -0.05) is 19.0 Å². The molecule has 6 nitrogen and oxygen atoms in total. The summed E-state index contributed by atoms with van der Waals surface area (Å²) in [4.78, 5) is 15.7. The van der Waals surface area contributed by atoms with E-state index in [0.29, 0.717) is 17.5 Å². The van der Waals surface area contributed by atoms with Gasteiger partial charge in [0.15, 0.2) is 0 Å². The molecule has 108 valence electrons. The summed E-state index contributed by atoms with van der Waals surface area (Å²) in [6, 6.07) is 1.75. The summed E-state index contributed by atoms with van der Waals surface area (Å²) >= 11 is 0. The van der Waals surface area contributed by atoms with Gasteiger partial charge in [0.2, 0.25) is 11.7 Å². The van der Waals surface area contributed by atoms with E-state index in [4.69, 9.17) is 8.94 Å². The first kappa shape index (κ1) is 14.3. The lowest BCUT2D eigenvalue weighted by atomic mass is 9.76. The quantitative estimate of drug-likeness (QED) is 0.904. The van der Waals surface area contributed by atoms with E-state index < -0.39 is 11.4 Å². The predicted molar refractivity (Wildman–Crippen MR) is 71.0 cm³/mol. The van der Waals surface area contributed by atoms with E-state index in [1.165, 1.54) is 0 Å². The fourth-order valence-electron chi connectivity index (χ4n) is 1.89. The second-order valence-corrected chi connectivity index (χ2v) is 5.46. The Kier molecular flexibility index (Phi) is 3.65. The lowest BCUT2D eigenvalue weighted by molar-refractivity contribution is -0.150. The minimum atomic E-state index is -0.935. The summed E-state index contributed by atoms with van der Waals surface area (Å²) in [7, 11) is 0. The van der Waals surface area contributed by atoms with Crippen LogP contribution in [0.5, 0.6) is 0 Å². The molecule has 1 atom stereocenters. The van der Waals surface area contributed by atoms with Crippen molar-refractivity contribution >= 4 is 5.97 Å². The third kappa shape index (κ3) is 2.45. The number of carboxylic acid groups (broad SMARTS) is 1. The Morgan fingerprint density at radius 3 is 2.70 bits per heavy atom. The van der Waals surface area contributed by atoms with Gasteiger partial charge in [0.25, 0.3) is 0 Å². The van der Waals surface area contributed by atoms with Crippen LogP contribution in [-0.4, -0.2) is 21.2 Å². The summed E-state index contributed by atoms with van der Waals surface area (Å²) in [6.45, 7) is 7.23. The van der Waals surface area contributed by atoms with Crippen LogP contribution in [0.2, 0.25) is 0 Å². The highest BCUT2D eigenvalue weighted by molar-refractivity contribution is 5.74. The Labute approximate surface area is 116 Å². The summed E-state index contributed by atoms with van der Waals surface area (Å²) < 4.78 is 10.4. The highest BCUT2D eigenvalue weighted by Gasteiger charge is 2.38. The standard InChI is InChI=1S/C14H18N2O4/c1-8(2)14(4,13(17)18)7-11-15-12(16-20-11)10-5-6-19-9(10)3/h5-6,8H,7H2,1-4H3,(H,17,18). The Morgan fingerprint density at radius 2 is 2.20 bits per heavy atom. The summed E-state index contributed by atoms with van der Waals surface area (Å²) in [5, 5.41) is 13.3. The molecule has 0 amide bonds. The van der Waals surface area contributed by atoms with Crippen molar-refractivity contribution in [3.05, 3.63) is 24.0 Å². The van der Waals surface area contributed by atoms with Crippen molar-refractivity contribution in [2.45, 2.75) is 34.1 Å². The number of furan rings is 1. The van der Waals surface area contributed by atoms with Crippen LogP contribution in [0.15, 0.2) is 21.3 Å². The van der Waals surface area contributed by atoms with Crippen LogP contribution in [-0.2, 0) is 11.2 Å². The van der Waals surface area contributed by atoms with Gasteiger partial charge in [-0.25, -0.2) is 0 Å². The summed E-state index contributed by atoms with van der Waals surface area (Å²) in [6.07, 6.45) is 1.75. The van der Waals surface area contributed by atoms with Crippen molar-refractivity contribution in [2.75, 3.05) is 0 Å². The number of aromatic nitrogens is 2. The molecular formula is C14H18N2O4. The van der Waals surface area contributed by atoms with Crippen molar-refractivity contribution in [3.8, 4) is 11.4 Å². The second-order valence-electron chi connectivity index (χ2n) is 5.46. The number of aliphatic carboxylic acids is 1. The van der Waals surface area contributed by atoms with Crippen LogP contribution in [0.1, 0.15) is 32.4 Å². The third-order valence-corrected chi connectivity index (χ3v) is 3.85. The molecule has 1 N–H and O–H groups in total. The minimum absolute atomic E-state index is 0.0500. The molecular weight excluding hydrogens is 260 g/mol. The molecule has 0 aliphatic rings. The third-order valence-electron chi connectivity index (χ3n) is 3.85. The fraction of sp³-hybridized carbons (Fsp3) is 0.500. The van der Waals surface area contributed by atoms with E-state index in [1.807, 2.05) is 13.8 Å². The molecule has 20 heavy (non-hydrogen) atoms. The van der Waals surface area contributed by atoms with Gasteiger partial charge >= 0.3 is 5.97 Å². The summed E-state index contributed by atoms with van der Waals surface area (Å²) in [5.41, 5.74) is -0.184. The molecule has 0 aliphatic heterocycles. The average molecular weight is 278 g/mol. The van der Waals surface area contributed by atoms with E-state index in [9.17, 15) is 9.90 Å². The highest BCUT2D eigenvalue weighted by Crippen LogP contribution is 2.32. The average Bonchev–Trinajstić information content (AvgIpc) is 2.97. The van der Waals surface area contributed by atoms with Crippen LogP contribution in [0.4, 0.5) is 0 Å². The van der Waals surface area contributed by atoms with Crippen LogP contribution < -0.4 is 0 Å². The predicted octanol–water partition coefficient (Wildman–Crippen LogP) is 2.93. The molecule has 2 aromatic rings. The Balaban J connectivity index is 2.26. The number of carboxylic acids is 1. The zero-order chi connectivity index (χ0) is 14.9. The first-order valence-corrected chi connectivity index (χ1v) is 6.45. The van der Waals surface area contributed by atoms with E-state index in [0.717, 1.165) is 5.56 Å². The number of nitrogens with zero attached hydrogens (tertiary/aromatic N) is 2. The zero-order valence-electron chi connectivity index (χ0n) is 12.0. The number of rotatable bonds is 5. The van der Waals surface area contributed by atoms with Crippen LogP contribution in [0, 0.1) is 18.3 Å². The normalized spacial score (nSPS) is 14.4. The molecule has 0 saturated carbocycles. The van der Waals surface area contributed by atoms with E-state index >= 15 is 0 Å². The van der Waals surface area contributed by atoms with Gasteiger partial charge in [-0.05, 0) is 25.8 Å². The van der Waals surface area contributed by atoms with Crippen LogP contribution >= 0.6 is 0 Å². The zero-order valence-corrected chi connectivity index (χ0v) is 12.0. The fourth-order valence-corrected chi connectivity index (χ4v) is 1.89. The number of hydrogen-bond donors (Lipinski definition) is 1. The molecule has 2 rings (SSSR count). The maximum Gasteiger partial charge on any atom is 0.310 e. The number of aryl methyl sites for hydroxylation is 1. The monoisotopic (exact) mass is 278 g/mol. The lowest BCUT2D eigenvalue weighted by Crippen LogP contribution is -2.35. The first-order chi connectivity index (χ1) is 9.34. The molecule has 2 aromatic heterocycles. The SMILES string of the molecule is Cc1occc1-c1noc(CC(C)(C(=O)O)C(C)C)n1. The maximum atomic E-state index is 11.5. The van der Waals surface area contributed by atoms with E-state index in [-0.39, 0.29) is 12.3 Å². The smallest absolute Gasteiger partial charge is 0.310 e. The van der Waals surface area contributed by atoms with Crippen molar-refractivity contribution < 1.29 is 18.8 Å². The van der Waals surface area contributed by atoms with Gasteiger partial charge in [-0.15, -0.1) is 0 Å². The molecule has 0 aliphatic carbocycles. The lowest BCUT2D eigenvalue weighted by Gasteiger charge is -2.27. The number of carbonyl (C=O) groups is 1. The molecule has 2 heterocycles. The molecule has 0 aromatic carbocycles. The maximum absolute atomic E-state index is 11.5. The highest BCUT2D eigenvalue weighted by atomic mass is 16.5. The van der Waals surface area contributed by atoms with Gasteiger partial charge < -0.3 is 14.0 Å². The molecule has 0 spiro atoms. The molecule has 1 unspecified atom stereocenters. The van der Waals surface area contributed by atoms with Gasteiger partial charge in [-0.3, -0.25) is 4.79 Å². The van der Waals surface area contributed by atoms with Crippen molar-refractivity contribution in [2.24, 2.45) is 11.3 Å². The second kappa shape index (κ2) is 5.11. The molecule has 0 saturated heterocycles. The minimum Gasteiger partial charge on any atom is -0.481 e. The van der Waals surface area contributed by atoms with Crippen LogP contribution in [0.3, 0.4) is 0 Å². The van der Waals surface area contributed by atoms with Gasteiger partial charge in [0.05, 0.1) is 17.2 Å². The first-order valence-electron chi connectivity index (χ1n) is 6.45. The molecule has 0 bridgehead atoms. The van der Waals surface area contributed by atoms with E-state index in [1.54, 1.807) is 26.2 Å². The van der Waals surface area contributed by atoms with Crippen molar-refractivity contribution in [3.63, 3.8) is 0 Å². The summed E-state index contributed by atoms with van der Waals surface area (Å²) in [5.74, 6) is 0.516. The topological polar surface area (TPSA) is 89.4 Å². The van der Waals surface area contributed by atoms with Crippen molar-refractivity contribution in [1.82, 2.24) is 10.1 Å². The molecule has 0 fully saturated rings. The number of hydrogen-bond acceptors (Lipinski definition) is 5. The molecule has 6 heteroatoms. The van der Waals surface area contributed by atoms with Gasteiger partial charge in [0.1, 0.15) is 5.76 Å². The Bertz CT molecular complexity index is 614. The van der Waals surface area contributed by atoms with E-state index in [2.05, 4.69) is 10.1 Å². The molecule has 0 radical (unpaired) electrons. The van der Waals surface area contributed by atoms with Crippen molar-refractivity contribution in [1.29, 1.82) is 0 Å². The van der Waals surface area contributed by atoms with Crippen LogP contribution in [0.25, 0.3) is 11.4 Å². The van der Waals surface area contributed by atoms with Gasteiger partial charge in [-0.2, -0.15) is 4.98 Å². The largest absolute Gasteiger partial charge is 0.481 e.